The molecule has 5 rings (SSSR count). The second kappa shape index (κ2) is 9.28. The van der Waals surface area contributed by atoms with Crippen LogP contribution in [-0.2, 0) is 11.0 Å². The van der Waals surface area contributed by atoms with E-state index in [4.69, 9.17) is 15.2 Å². The number of alkyl halides is 3. The Balaban J connectivity index is 1.54. The summed E-state index contributed by atoms with van der Waals surface area (Å²) in [7, 11) is 0. The van der Waals surface area contributed by atoms with E-state index in [2.05, 4.69) is 15.3 Å². The first-order chi connectivity index (χ1) is 17.5. The van der Waals surface area contributed by atoms with Crippen molar-refractivity contribution in [2.75, 3.05) is 30.9 Å². The number of nitrogen functional groups attached to an aromatic ring is 1. The predicted octanol–water partition coefficient (Wildman–Crippen LogP) is 5.17. The molecule has 196 valence electrons. The molecular weight excluding hydrogens is 487 g/mol. The largest absolute Gasteiger partial charge is 0.453 e. The molecule has 3 heterocycles. The van der Waals surface area contributed by atoms with Gasteiger partial charge >= 0.3 is 6.18 Å². The Morgan fingerprint density at radius 3 is 2.51 bits per heavy atom. The molecule has 2 aliphatic rings. The molecule has 0 spiro atoms. The number of amides is 1. The lowest BCUT2D eigenvalue weighted by Gasteiger charge is -2.32. The number of halogens is 3. The highest BCUT2D eigenvalue weighted by Crippen LogP contribution is 2.48. The Kier molecular flexibility index (Phi) is 6.25. The van der Waals surface area contributed by atoms with Crippen molar-refractivity contribution in [2.45, 2.75) is 51.7 Å². The second-order valence-electron chi connectivity index (χ2n) is 9.58. The van der Waals surface area contributed by atoms with E-state index < -0.39 is 17.8 Å². The molecule has 2 aromatic carbocycles. The zero-order valence-electron chi connectivity index (χ0n) is 20.8. The average Bonchev–Trinajstić information content (AvgIpc) is 3.33. The van der Waals surface area contributed by atoms with Gasteiger partial charge in [-0.2, -0.15) is 13.2 Å². The summed E-state index contributed by atoms with van der Waals surface area (Å²) >= 11 is 0. The van der Waals surface area contributed by atoms with Gasteiger partial charge in [0.05, 0.1) is 11.6 Å². The Morgan fingerprint density at radius 1 is 1.14 bits per heavy atom. The van der Waals surface area contributed by atoms with Gasteiger partial charge in [-0.25, -0.2) is 9.97 Å². The number of benzene rings is 2. The fourth-order valence-corrected chi connectivity index (χ4v) is 5.08. The number of piperidine rings is 1. The van der Waals surface area contributed by atoms with Crippen LogP contribution in [0.15, 0.2) is 24.3 Å². The number of likely N-dealkylation sites (tertiary alicyclic amines) is 1. The van der Waals surface area contributed by atoms with Crippen LogP contribution in [0.25, 0.3) is 10.9 Å². The molecule has 1 aromatic heterocycles. The first kappa shape index (κ1) is 24.9. The second-order valence-corrected chi connectivity index (χ2v) is 9.58. The number of aryl methyl sites for hydroxylation is 1. The third-order valence-corrected chi connectivity index (χ3v) is 6.99. The fraction of sp³-hybridized carbons (Fsp3) is 0.423. The summed E-state index contributed by atoms with van der Waals surface area (Å²) in [6.45, 7) is 6.43. The van der Waals surface area contributed by atoms with Gasteiger partial charge in [-0.1, -0.05) is 0 Å². The maximum Gasteiger partial charge on any atom is 0.416 e. The highest BCUT2D eigenvalue weighted by molar-refractivity contribution is 5.96. The third-order valence-electron chi connectivity index (χ3n) is 6.99. The normalized spacial score (nSPS) is 16.8. The number of nitrogens with one attached hydrogen (secondary N) is 1. The lowest BCUT2D eigenvalue weighted by atomic mass is 9.87. The minimum Gasteiger partial charge on any atom is -0.453 e. The van der Waals surface area contributed by atoms with Gasteiger partial charge in [0.25, 0.3) is 0 Å². The van der Waals surface area contributed by atoms with Crippen molar-refractivity contribution in [1.29, 1.82) is 0 Å². The third kappa shape index (κ3) is 4.82. The van der Waals surface area contributed by atoms with Crippen molar-refractivity contribution >= 4 is 28.3 Å². The standard InChI is InChI=1S/C26H28F3N5O3/c1-13(17-8-18(26(27,28)29)10-19(30)9-17)31-25-21-11-20(16-4-6-34(7-5-16)15(3)35)23-24(37-12-36-23)22(21)32-14(2)33-25/h8-11,13,16H,4-7,12,30H2,1-3H3,(H,31,32,33)/t13-/m1/s1. The number of hydrogen-bond acceptors (Lipinski definition) is 7. The number of carbonyl (C=O) groups is 1. The van der Waals surface area contributed by atoms with E-state index in [0.29, 0.717) is 52.7 Å². The van der Waals surface area contributed by atoms with Crippen LogP contribution < -0.4 is 20.5 Å². The first-order valence-electron chi connectivity index (χ1n) is 12.1. The molecule has 0 radical (unpaired) electrons. The van der Waals surface area contributed by atoms with Gasteiger partial charge < -0.3 is 25.4 Å². The van der Waals surface area contributed by atoms with Gasteiger partial charge in [-0.15, -0.1) is 0 Å². The minimum atomic E-state index is -4.51. The monoisotopic (exact) mass is 515 g/mol. The molecule has 3 N–H and O–H groups in total. The van der Waals surface area contributed by atoms with Gasteiger partial charge in [-0.3, -0.25) is 4.79 Å². The molecule has 3 aromatic rings. The SMILES string of the molecule is CC(=O)N1CCC(c2cc3c(N[C@H](C)c4cc(N)cc(C(F)(F)F)c4)nc(C)nc3c3c2OCO3)CC1. The zero-order chi connectivity index (χ0) is 26.5. The van der Waals surface area contributed by atoms with Crippen molar-refractivity contribution in [1.82, 2.24) is 14.9 Å². The van der Waals surface area contributed by atoms with Crippen LogP contribution in [0.4, 0.5) is 24.7 Å². The van der Waals surface area contributed by atoms with Gasteiger partial charge in [-0.05, 0) is 62.4 Å². The van der Waals surface area contributed by atoms with E-state index in [1.54, 1.807) is 20.8 Å². The van der Waals surface area contributed by atoms with Crippen molar-refractivity contribution in [3.05, 3.63) is 46.8 Å². The van der Waals surface area contributed by atoms with Crippen molar-refractivity contribution in [2.24, 2.45) is 0 Å². The van der Waals surface area contributed by atoms with Crippen LogP contribution in [-0.4, -0.2) is 40.7 Å². The number of nitrogens with zero attached hydrogens (tertiary/aromatic N) is 3. The van der Waals surface area contributed by atoms with E-state index in [1.807, 2.05) is 11.0 Å². The van der Waals surface area contributed by atoms with Gasteiger partial charge in [0, 0.05) is 36.7 Å². The van der Waals surface area contributed by atoms with Crippen LogP contribution in [0.2, 0.25) is 0 Å². The summed E-state index contributed by atoms with van der Waals surface area (Å²) in [5.74, 6) is 2.34. The van der Waals surface area contributed by atoms with Crippen LogP contribution in [0.3, 0.4) is 0 Å². The summed E-state index contributed by atoms with van der Waals surface area (Å²) in [4.78, 5) is 22.8. The minimum absolute atomic E-state index is 0.0322. The summed E-state index contributed by atoms with van der Waals surface area (Å²) in [5, 5.41) is 3.95. The van der Waals surface area contributed by atoms with Crippen LogP contribution in [0, 0.1) is 6.92 Å². The smallest absolute Gasteiger partial charge is 0.416 e. The molecule has 0 aliphatic carbocycles. The van der Waals surface area contributed by atoms with Crippen molar-refractivity contribution in [3.8, 4) is 11.5 Å². The summed E-state index contributed by atoms with van der Waals surface area (Å²) in [6, 6.07) is 4.98. The Morgan fingerprint density at radius 2 is 1.84 bits per heavy atom. The number of aromatic nitrogens is 2. The topological polar surface area (TPSA) is 103 Å². The summed E-state index contributed by atoms with van der Waals surface area (Å²) in [5.41, 5.74) is 6.92. The van der Waals surface area contributed by atoms with Gasteiger partial charge in [0.15, 0.2) is 11.5 Å². The van der Waals surface area contributed by atoms with E-state index in [-0.39, 0.29) is 24.3 Å². The molecular formula is C26H28F3N5O3. The molecule has 2 aliphatic heterocycles. The number of ether oxygens (including phenoxy) is 2. The maximum absolute atomic E-state index is 13.4. The lowest BCUT2D eigenvalue weighted by Crippen LogP contribution is -2.36. The molecule has 1 fully saturated rings. The molecule has 1 amide bonds. The summed E-state index contributed by atoms with van der Waals surface area (Å²) < 4.78 is 51.8. The average molecular weight is 516 g/mol. The number of nitrogens with two attached hydrogens (primary N) is 1. The molecule has 0 unspecified atom stereocenters. The first-order valence-corrected chi connectivity index (χ1v) is 12.1. The molecule has 11 heteroatoms. The van der Waals surface area contributed by atoms with E-state index in [9.17, 15) is 18.0 Å². The zero-order valence-corrected chi connectivity index (χ0v) is 20.8. The highest BCUT2D eigenvalue weighted by Gasteiger charge is 2.33. The van der Waals surface area contributed by atoms with Crippen molar-refractivity contribution < 1.29 is 27.4 Å². The predicted molar refractivity (Wildman–Crippen MR) is 133 cm³/mol. The van der Waals surface area contributed by atoms with Crippen LogP contribution in [0.5, 0.6) is 11.5 Å². The molecule has 1 saturated heterocycles. The van der Waals surface area contributed by atoms with Gasteiger partial charge in [0.2, 0.25) is 12.7 Å². The highest BCUT2D eigenvalue weighted by atomic mass is 19.4. The molecule has 0 bridgehead atoms. The molecule has 1 atom stereocenters. The fourth-order valence-electron chi connectivity index (χ4n) is 5.08. The molecule has 8 nitrogen and oxygen atoms in total. The summed E-state index contributed by atoms with van der Waals surface area (Å²) in [6.07, 6.45) is -2.96. The van der Waals surface area contributed by atoms with Crippen LogP contribution in [0.1, 0.15) is 61.2 Å². The number of rotatable bonds is 4. The Labute approximate surface area is 212 Å². The van der Waals surface area contributed by atoms with E-state index >= 15 is 0 Å². The molecule has 0 saturated carbocycles. The number of fused-ring (bicyclic) bond motifs is 3. The van der Waals surface area contributed by atoms with Crippen molar-refractivity contribution in [3.63, 3.8) is 0 Å². The Bertz CT molecular complexity index is 1370. The van der Waals surface area contributed by atoms with E-state index in [0.717, 1.165) is 30.5 Å². The van der Waals surface area contributed by atoms with E-state index in [1.165, 1.54) is 6.07 Å². The van der Waals surface area contributed by atoms with Crippen LogP contribution >= 0.6 is 0 Å². The maximum atomic E-state index is 13.4. The number of hydrogen-bond donors (Lipinski definition) is 2. The quantitative estimate of drug-likeness (QED) is 0.463. The molecule has 37 heavy (non-hydrogen) atoms. The number of carbonyl (C=O) groups excluding carboxylic acids is 1. The van der Waals surface area contributed by atoms with Gasteiger partial charge in [0.1, 0.15) is 17.2 Å². The number of anilines is 2. The Hall–Kier alpha value is -3.76. The lowest BCUT2D eigenvalue weighted by molar-refractivity contribution is -0.137.